The molecule has 0 aromatic heterocycles. The van der Waals surface area contributed by atoms with Crippen LogP contribution in [0.5, 0.6) is 0 Å². The van der Waals surface area contributed by atoms with Crippen LogP contribution >= 0.6 is 0 Å². The number of rotatable bonds is 12. The first-order chi connectivity index (χ1) is 13.2. The van der Waals surface area contributed by atoms with Crippen LogP contribution < -0.4 is 16.0 Å². The largest absolute Gasteiger partial charge is 0.469 e. The fourth-order valence-electron chi connectivity index (χ4n) is 2.46. The van der Waals surface area contributed by atoms with Crippen molar-refractivity contribution >= 4 is 18.0 Å². The molecule has 3 N–H and O–H groups in total. The molecule has 0 bridgehead atoms. The number of hydrogen-bond acceptors (Lipinski definition) is 5. The zero-order valence-electron chi connectivity index (χ0n) is 18.5. The van der Waals surface area contributed by atoms with Gasteiger partial charge in [0.05, 0.1) is 7.11 Å². The van der Waals surface area contributed by atoms with Gasteiger partial charge in [0, 0.05) is 32.6 Å². The number of nitrogens with zero attached hydrogens (tertiary/aromatic N) is 1. The summed E-state index contributed by atoms with van der Waals surface area (Å²) in [6.45, 7) is 8.90. The number of esters is 1. The summed E-state index contributed by atoms with van der Waals surface area (Å²) in [5.41, 5.74) is -0.512. The first-order valence-electron chi connectivity index (χ1n) is 10.2. The number of guanidine groups is 1. The number of unbranched alkanes of at least 4 members (excludes halogenated alkanes) is 3. The molecule has 8 heteroatoms. The smallest absolute Gasteiger partial charge is 0.407 e. The van der Waals surface area contributed by atoms with Gasteiger partial charge < -0.3 is 25.4 Å². The predicted molar refractivity (Wildman–Crippen MR) is 113 cm³/mol. The molecule has 0 heterocycles. The second-order valence-corrected chi connectivity index (χ2v) is 7.75. The zero-order valence-corrected chi connectivity index (χ0v) is 18.5. The highest BCUT2D eigenvalue weighted by Gasteiger charge is 2.18. The molecule has 28 heavy (non-hydrogen) atoms. The summed E-state index contributed by atoms with van der Waals surface area (Å²) in [6.07, 6.45) is 5.80. The van der Waals surface area contributed by atoms with Crippen LogP contribution in [0.25, 0.3) is 0 Å². The van der Waals surface area contributed by atoms with Gasteiger partial charge in [0.15, 0.2) is 5.96 Å². The Bertz CT molecular complexity index is 475. The Balaban J connectivity index is 4.30. The summed E-state index contributed by atoms with van der Waals surface area (Å²) in [4.78, 5) is 27.2. The fraction of sp³-hybridized carbons (Fsp3) is 0.850. The van der Waals surface area contributed by atoms with Crippen LogP contribution in [0.2, 0.25) is 0 Å². The van der Waals surface area contributed by atoms with E-state index in [0.717, 1.165) is 45.1 Å². The van der Waals surface area contributed by atoms with E-state index in [1.165, 1.54) is 7.11 Å². The van der Waals surface area contributed by atoms with E-state index in [1.807, 2.05) is 20.8 Å². The summed E-state index contributed by atoms with van der Waals surface area (Å²) in [5, 5.41) is 9.48. The van der Waals surface area contributed by atoms with Gasteiger partial charge in [-0.25, -0.2) is 4.79 Å². The Labute approximate surface area is 170 Å². The third-order valence-electron chi connectivity index (χ3n) is 3.94. The summed E-state index contributed by atoms with van der Waals surface area (Å²) < 4.78 is 9.93. The lowest BCUT2D eigenvalue weighted by Crippen LogP contribution is -2.49. The van der Waals surface area contributed by atoms with Crippen LogP contribution in [0.15, 0.2) is 4.99 Å². The molecule has 1 amide bonds. The van der Waals surface area contributed by atoms with Crippen LogP contribution in [0.4, 0.5) is 4.79 Å². The molecule has 0 rings (SSSR count). The van der Waals surface area contributed by atoms with Gasteiger partial charge in [-0.1, -0.05) is 26.2 Å². The van der Waals surface area contributed by atoms with E-state index < -0.39 is 11.7 Å². The minimum Gasteiger partial charge on any atom is -0.469 e. The number of carbonyl (C=O) groups excluding carboxylic acids is 2. The van der Waals surface area contributed by atoms with Crippen molar-refractivity contribution in [2.75, 3.05) is 27.2 Å². The van der Waals surface area contributed by atoms with E-state index in [0.29, 0.717) is 18.9 Å². The van der Waals surface area contributed by atoms with E-state index in [1.54, 1.807) is 7.05 Å². The number of carbonyl (C=O) groups is 2. The minimum atomic E-state index is -0.512. The molecule has 0 spiro atoms. The van der Waals surface area contributed by atoms with Crippen molar-refractivity contribution in [1.29, 1.82) is 0 Å². The molecule has 0 aromatic rings. The van der Waals surface area contributed by atoms with Gasteiger partial charge in [-0.3, -0.25) is 9.79 Å². The number of amides is 1. The van der Waals surface area contributed by atoms with Crippen LogP contribution in [-0.2, 0) is 14.3 Å². The number of methoxy groups -OCH3 is 1. The summed E-state index contributed by atoms with van der Waals surface area (Å²) >= 11 is 0. The van der Waals surface area contributed by atoms with E-state index in [-0.39, 0.29) is 12.0 Å². The lowest BCUT2D eigenvalue weighted by Gasteiger charge is -2.24. The third-order valence-corrected chi connectivity index (χ3v) is 3.94. The average molecular weight is 401 g/mol. The molecule has 0 saturated carbocycles. The van der Waals surface area contributed by atoms with Crippen LogP contribution in [0.1, 0.15) is 72.6 Å². The fourth-order valence-corrected chi connectivity index (χ4v) is 2.46. The highest BCUT2D eigenvalue weighted by atomic mass is 16.6. The van der Waals surface area contributed by atoms with Gasteiger partial charge in [-0.15, -0.1) is 0 Å². The molecule has 8 nitrogen and oxygen atoms in total. The van der Waals surface area contributed by atoms with Crippen molar-refractivity contribution in [2.45, 2.75) is 84.3 Å². The number of ether oxygens (including phenoxy) is 2. The number of alkyl carbamates (subject to hydrolysis) is 1. The summed E-state index contributed by atoms with van der Waals surface area (Å²) in [6, 6.07) is 0.0676. The van der Waals surface area contributed by atoms with Gasteiger partial charge in [-0.2, -0.15) is 0 Å². The quantitative estimate of drug-likeness (QED) is 0.201. The lowest BCUT2D eigenvalue weighted by atomic mass is 10.1. The van der Waals surface area contributed by atoms with E-state index in [4.69, 9.17) is 4.74 Å². The van der Waals surface area contributed by atoms with Crippen molar-refractivity contribution in [3.63, 3.8) is 0 Å². The molecule has 164 valence electrons. The van der Waals surface area contributed by atoms with E-state index in [9.17, 15) is 9.59 Å². The molecule has 0 fully saturated rings. The van der Waals surface area contributed by atoms with Gasteiger partial charge in [0.25, 0.3) is 0 Å². The maximum Gasteiger partial charge on any atom is 0.407 e. The summed E-state index contributed by atoms with van der Waals surface area (Å²) in [7, 11) is 3.14. The van der Waals surface area contributed by atoms with Gasteiger partial charge in [-0.05, 0) is 40.0 Å². The van der Waals surface area contributed by atoms with Gasteiger partial charge in [0.2, 0.25) is 0 Å². The number of nitrogens with one attached hydrogen (secondary N) is 3. The molecule has 0 radical (unpaired) electrons. The highest BCUT2D eigenvalue weighted by molar-refractivity contribution is 5.80. The van der Waals surface area contributed by atoms with Crippen LogP contribution in [0, 0.1) is 0 Å². The molecular formula is C20H40N4O4. The first kappa shape index (κ1) is 26.0. The van der Waals surface area contributed by atoms with Crippen LogP contribution in [0.3, 0.4) is 0 Å². The van der Waals surface area contributed by atoms with Gasteiger partial charge >= 0.3 is 12.1 Å². The van der Waals surface area contributed by atoms with E-state index >= 15 is 0 Å². The lowest BCUT2D eigenvalue weighted by molar-refractivity contribution is -0.140. The minimum absolute atomic E-state index is 0.0676. The predicted octanol–water partition coefficient (Wildman–Crippen LogP) is 2.97. The van der Waals surface area contributed by atoms with Crippen molar-refractivity contribution in [1.82, 2.24) is 16.0 Å². The number of hydrogen-bond donors (Lipinski definition) is 3. The molecule has 0 aromatic carbocycles. The molecule has 0 aliphatic heterocycles. The normalized spacial score (nSPS) is 12.9. The van der Waals surface area contributed by atoms with Crippen molar-refractivity contribution in [2.24, 2.45) is 4.99 Å². The molecular weight excluding hydrogens is 360 g/mol. The second kappa shape index (κ2) is 15.0. The second-order valence-electron chi connectivity index (χ2n) is 7.75. The molecule has 0 saturated heterocycles. The topological polar surface area (TPSA) is 101 Å². The Kier molecular flexibility index (Phi) is 13.9. The zero-order chi connectivity index (χ0) is 21.4. The monoisotopic (exact) mass is 400 g/mol. The SMILES string of the molecule is CCCCC(CNC(=O)OC(C)(C)C)NC(=NC)NCCCCCC(=O)OC. The van der Waals surface area contributed by atoms with Crippen molar-refractivity contribution in [3.8, 4) is 0 Å². The summed E-state index contributed by atoms with van der Waals surface area (Å²) in [5.74, 6) is 0.543. The van der Waals surface area contributed by atoms with E-state index in [2.05, 4.69) is 32.6 Å². The number of aliphatic imine (C=N–C) groups is 1. The first-order valence-corrected chi connectivity index (χ1v) is 10.2. The highest BCUT2D eigenvalue weighted by Crippen LogP contribution is 2.07. The standard InChI is InChI=1S/C20H40N4O4/c1-7-8-12-16(15-23-19(26)28-20(2,3)4)24-18(21-5)22-14-11-9-10-13-17(25)27-6/h16H,7-15H2,1-6H3,(H,23,26)(H2,21,22,24). The maximum atomic E-state index is 11.9. The Morgan fingerprint density at radius 3 is 2.36 bits per heavy atom. The average Bonchev–Trinajstić information content (AvgIpc) is 2.63. The molecule has 0 aliphatic carbocycles. The Morgan fingerprint density at radius 2 is 1.79 bits per heavy atom. The van der Waals surface area contributed by atoms with Crippen molar-refractivity contribution in [3.05, 3.63) is 0 Å². The van der Waals surface area contributed by atoms with Crippen molar-refractivity contribution < 1.29 is 19.1 Å². The van der Waals surface area contributed by atoms with Crippen LogP contribution in [-0.4, -0.2) is 56.9 Å². The van der Waals surface area contributed by atoms with Gasteiger partial charge in [0.1, 0.15) is 5.60 Å². The maximum absolute atomic E-state index is 11.9. The third kappa shape index (κ3) is 15.1. The Hall–Kier alpha value is -1.99. The Morgan fingerprint density at radius 1 is 1.07 bits per heavy atom. The molecule has 1 unspecified atom stereocenters. The molecule has 0 aliphatic rings. The molecule has 1 atom stereocenters.